The van der Waals surface area contributed by atoms with Gasteiger partial charge in [0.25, 0.3) is 0 Å². The quantitative estimate of drug-likeness (QED) is 0.748. The Bertz CT molecular complexity index is 745. The zero-order chi connectivity index (χ0) is 11.8. The summed E-state index contributed by atoms with van der Waals surface area (Å²) in [4.78, 5) is 11.2. The molecular formula is C12H8BrN3O. The maximum Gasteiger partial charge on any atom is 0.183 e. The van der Waals surface area contributed by atoms with Gasteiger partial charge in [-0.15, -0.1) is 0 Å². The normalized spacial score (nSPS) is 10.9. The van der Waals surface area contributed by atoms with E-state index in [0.717, 1.165) is 15.9 Å². The summed E-state index contributed by atoms with van der Waals surface area (Å²) in [6, 6.07) is 10.9. The van der Waals surface area contributed by atoms with Gasteiger partial charge >= 0.3 is 0 Å². The number of H-pyrrole nitrogens is 1. The van der Waals surface area contributed by atoms with E-state index in [1.807, 2.05) is 28.7 Å². The van der Waals surface area contributed by atoms with Crippen LogP contribution in [0.1, 0.15) is 0 Å². The minimum Gasteiger partial charge on any atom is -0.290 e. The molecule has 84 valence electrons. The molecule has 0 saturated carbocycles. The van der Waals surface area contributed by atoms with E-state index in [1.54, 1.807) is 6.20 Å². The van der Waals surface area contributed by atoms with Crippen LogP contribution in [0.4, 0.5) is 0 Å². The first kappa shape index (κ1) is 10.3. The molecule has 0 aliphatic rings. The molecule has 1 N–H and O–H groups in total. The van der Waals surface area contributed by atoms with Gasteiger partial charge in [-0.3, -0.25) is 14.3 Å². The Morgan fingerprint density at radius 2 is 2.12 bits per heavy atom. The number of aromatic nitrogens is 3. The SMILES string of the molecule is O=c1ccn2c(-c3cccc(Br)c3)n[nH]c2c1. The number of aromatic amines is 1. The molecule has 0 atom stereocenters. The number of hydrogen-bond acceptors (Lipinski definition) is 2. The van der Waals surface area contributed by atoms with Crippen LogP contribution >= 0.6 is 15.9 Å². The third kappa shape index (κ3) is 1.78. The first-order chi connectivity index (χ1) is 8.24. The average molecular weight is 290 g/mol. The van der Waals surface area contributed by atoms with Gasteiger partial charge in [0.2, 0.25) is 0 Å². The standard InChI is InChI=1S/C12H8BrN3O/c13-9-3-1-2-8(6-9)12-15-14-11-7-10(17)4-5-16(11)12/h1-7,14H. The lowest BCUT2D eigenvalue weighted by Crippen LogP contribution is -1.99. The van der Waals surface area contributed by atoms with Crippen molar-refractivity contribution in [3.05, 3.63) is 57.3 Å². The summed E-state index contributed by atoms with van der Waals surface area (Å²) in [7, 11) is 0. The summed E-state index contributed by atoms with van der Waals surface area (Å²) in [5, 5.41) is 7.07. The summed E-state index contributed by atoms with van der Waals surface area (Å²) in [5.41, 5.74) is 1.64. The highest BCUT2D eigenvalue weighted by Gasteiger charge is 2.06. The summed E-state index contributed by atoms with van der Waals surface area (Å²) in [6.07, 6.45) is 1.72. The highest BCUT2D eigenvalue weighted by Crippen LogP contribution is 2.21. The van der Waals surface area contributed by atoms with Crippen molar-refractivity contribution in [3.8, 4) is 11.4 Å². The average Bonchev–Trinajstić information content (AvgIpc) is 2.71. The minimum atomic E-state index is -0.0329. The molecule has 5 heteroatoms. The predicted octanol–water partition coefficient (Wildman–Crippen LogP) is 2.45. The van der Waals surface area contributed by atoms with Gasteiger partial charge in [0.15, 0.2) is 11.3 Å². The Hall–Kier alpha value is -1.88. The summed E-state index contributed by atoms with van der Waals surface area (Å²) >= 11 is 3.43. The van der Waals surface area contributed by atoms with Crippen molar-refractivity contribution in [1.82, 2.24) is 14.6 Å². The highest BCUT2D eigenvalue weighted by molar-refractivity contribution is 9.10. The van der Waals surface area contributed by atoms with Crippen LogP contribution in [0.3, 0.4) is 0 Å². The number of pyridine rings is 1. The van der Waals surface area contributed by atoms with Crippen LogP contribution in [-0.4, -0.2) is 14.6 Å². The fraction of sp³-hybridized carbons (Fsp3) is 0. The lowest BCUT2D eigenvalue weighted by atomic mass is 10.2. The molecule has 3 aromatic rings. The van der Waals surface area contributed by atoms with Crippen LogP contribution in [0.5, 0.6) is 0 Å². The van der Waals surface area contributed by atoms with Crippen molar-refractivity contribution < 1.29 is 0 Å². The fourth-order valence-corrected chi connectivity index (χ4v) is 2.15. The van der Waals surface area contributed by atoms with Crippen molar-refractivity contribution in [2.24, 2.45) is 0 Å². The zero-order valence-corrected chi connectivity index (χ0v) is 10.3. The zero-order valence-electron chi connectivity index (χ0n) is 8.72. The highest BCUT2D eigenvalue weighted by atomic mass is 79.9. The maximum atomic E-state index is 11.2. The number of nitrogens with one attached hydrogen (secondary N) is 1. The molecule has 2 heterocycles. The van der Waals surface area contributed by atoms with Gasteiger partial charge in [0.05, 0.1) is 0 Å². The molecule has 3 rings (SSSR count). The van der Waals surface area contributed by atoms with Gasteiger partial charge in [0, 0.05) is 28.4 Å². The molecule has 0 spiro atoms. The maximum absolute atomic E-state index is 11.2. The van der Waals surface area contributed by atoms with Crippen molar-refractivity contribution in [2.45, 2.75) is 0 Å². The van der Waals surface area contributed by atoms with Crippen molar-refractivity contribution >= 4 is 21.6 Å². The molecule has 0 saturated heterocycles. The van der Waals surface area contributed by atoms with Crippen LogP contribution in [0.25, 0.3) is 17.0 Å². The Kier molecular flexibility index (Phi) is 2.33. The molecule has 4 nitrogen and oxygen atoms in total. The van der Waals surface area contributed by atoms with Crippen molar-refractivity contribution in [3.63, 3.8) is 0 Å². The molecule has 17 heavy (non-hydrogen) atoms. The van der Waals surface area contributed by atoms with Crippen LogP contribution in [0, 0.1) is 0 Å². The number of halogens is 1. The van der Waals surface area contributed by atoms with Gasteiger partial charge in [-0.2, -0.15) is 5.10 Å². The molecular weight excluding hydrogens is 282 g/mol. The van der Waals surface area contributed by atoms with E-state index in [-0.39, 0.29) is 5.43 Å². The van der Waals surface area contributed by atoms with Crippen LogP contribution < -0.4 is 5.43 Å². The molecule has 0 unspecified atom stereocenters. The first-order valence-corrected chi connectivity index (χ1v) is 5.86. The van der Waals surface area contributed by atoms with Crippen molar-refractivity contribution in [2.75, 3.05) is 0 Å². The number of benzene rings is 1. The number of nitrogens with zero attached hydrogens (tertiary/aromatic N) is 2. The molecule has 2 aromatic heterocycles. The largest absolute Gasteiger partial charge is 0.290 e. The van der Waals surface area contributed by atoms with Gasteiger partial charge < -0.3 is 0 Å². The Morgan fingerprint density at radius 1 is 1.24 bits per heavy atom. The second kappa shape index (κ2) is 3.85. The summed E-state index contributed by atoms with van der Waals surface area (Å²) in [6.45, 7) is 0. The Balaban J connectivity index is 2.28. The van der Waals surface area contributed by atoms with E-state index < -0.39 is 0 Å². The lowest BCUT2D eigenvalue weighted by molar-refractivity contribution is 1.11. The molecule has 0 fully saturated rings. The molecule has 0 aliphatic carbocycles. The van der Waals surface area contributed by atoms with E-state index in [2.05, 4.69) is 26.1 Å². The Labute approximate surface area is 105 Å². The third-order valence-corrected chi connectivity index (χ3v) is 3.01. The number of fused-ring (bicyclic) bond motifs is 1. The molecule has 0 radical (unpaired) electrons. The molecule has 0 aliphatic heterocycles. The van der Waals surface area contributed by atoms with E-state index in [0.29, 0.717) is 5.65 Å². The minimum absolute atomic E-state index is 0.0329. The fourth-order valence-electron chi connectivity index (χ4n) is 1.75. The first-order valence-electron chi connectivity index (χ1n) is 5.07. The monoisotopic (exact) mass is 289 g/mol. The Morgan fingerprint density at radius 3 is 2.94 bits per heavy atom. The number of hydrogen-bond donors (Lipinski definition) is 1. The molecule has 0 bridgehead atoms. The van der Waals surface area contributed by atoms with Crippen LogP contribution in [0.2, 0.25) is 0 Å². The predicted molar refractivity (Wildman–Crippen MR) is 68.9 cm³/mol. The second-order valence-corrected chi connectivity index (χ2v) is 4.59. The van der Waals surface area contributed by atoms with Gasteiger partial charge in [-0.05, 0) is 12.1 Å². The van der Waals surface area contributed by atoms with E-state index in [4.69, 9.17) is 0 Å². The number of rotatable bonds is 1. The topological polar surface area (TPSA) is 50.2 Å². The third-order valence-electron chi connectivity index (χ3n) is 2.51. The lowest BCUT2D eigenvalue weighted by Gasteiger charge is -1.99. The van der Waals surface area contributed by atoms with Crippen molar-refractivity contribution in [1.29, 1.82) is 0 Å². The molecule has 1 aromatic carbocycles. The summed E-state index contributed by atoms with van der Waals surface area (Å²) in [5.74, 6) is 0.779. The second-order valence-electron chi connectivity index (χ2n) is 3.68. The summed E-state index contributed by atoms with van der Waals surface area (Å²) < 4.78 is 2.84. The van der Waals surface area contributed by atoms with E-state index in [1.165, 1.54) is 12.1 Å². The van der Waals surface area contributed by atoms with Gasteiger partial charge in [-0.25, -0.2) is 0 Å². The van der Waals surface area contributed by atoms with Crippen LogP contribution in [0.15, 0.2) is 51.9 Å². The van der Waals surface area contributed by atoms with E-state index in [9.17, 15) is 4.79 Å². The smallest absolute Gasteiger partial charge is 0.183 e. The van der Waals surface area contributed by atoms with Gasteiger partial charge in [-0.1, -0.05) is 28.1 Å². The van der Waals surface area contributed by atoms with Gasteiger partial charge in [0.1, 0.15) is 5.65 Å². The molecule has 0 amide bonds. The van der Waals surface area contributed by atoms with E-state index >= 15 is 0 Å². The van der Waals surface area contributed by atoms with Crippen LogP contribution in [-0.2, 0) is 0 Å².